The molecule has 1 aromatic carbocycles. The molecule has 0 saturated carbocycles. The van der Waals surface area contributed by atoms with E-state index in [1.807, 2.05) is 6.07 Å². The van der Waals surface area contributed by atoms with Gasteiger partial charge in [-0.15, -0.1) is 0 Å². The lowest BCUT2D eigenvalue weighted by Gasteiger charge is -2.26. The molecule has 6 heteroatoms. The zero-order valence-corrected chi connectivity index (χ0v) is 11.3. The highest BCUT2D eigenvalue weighted by Gasteiger charge is 2.33. The molecule has 1 aromatic rings. The van der Waals surface area contributed by atoms with Crippen molar-refractivity contribution in [2.24, 2.45) is 0 Å². The van der Waals surface area contributed by atoms with Crippen LogP contribution in [0.2, 0.25) is 0 Å². The summed E-state index contributed by atoms with van der Waals surface area (Å²) in [5.41, 5.74) is -0.232. The van der Waals surface area contributed by atoms with Crippen LogP contribution in [0.5, 0.6) is 0 Å². The third kappa shape index (κ3) is 3.81. The van der Waals surface area contributed by atoms with E-state index in [-0.39, 0.29) is 0 Å². The highest BCUT2D eigenvalue weighted by Crippen LogP contribution is 2.23. The summed E-state index contributed by atoms with van der Waals surface area (Å²) in [4.78, 5) is 33.8. The molecule has 1 rings (SSSR count). The molecule has 0 aliphatic heterocycles. The van der Waals surface area contributed by atoms with E-state index < -0.39 is 35.7 Å². The van der Waals surface area contributed by atoms with Gasteiger partial charge in [0.05, 0.1) is 11.8 Å². The Morgan fingerprint density at radius 1 is 1.15 bits per heavy atom. The summed E-state index contributed by atoms with van der Waals surface area (Å²) >= 11 is 0. The number of carbonyl (C=O) groups excluding carboxylic acids is 1. The summed E-state index contributed by atoms with van der Waals surface area (Å²) in [6.07, 6.45) is -0.661. The highest BCUT2D eigenvalue weighted by molar-refractivity contribution is 5.92. The Morgan fingerprint density at radius 3 is 2.15 bits per heavy atom. The van der Waals surface area contributed by atoms with Crippen LogP contribution in [-0.4, -0.2) is 34.1 Å². The first kappa shape index (κ1) is 15.7. The van der Waals surface area contributed by atoms with Gasteiger partial charge in [-0.2, -0.15) is 0 Å². The number of rotatable bonds is 6. The molecule has 1 atom stereocenters. The maximum absolute atomic E-state index is 12.2. The van der Waals surface area contributed by atoms with Gasteiger partial charge in [-0.3, -0.25) is 9.59 Å². The second kappa shape index (κ2) is 6.18. The largest absolute Gasteiger partial charge is 0.481 e. The van der Waals surface area contributed by atoms with Crippen LogP contribution in [-0.2, 0) is 19.8 Å². The predicted molar refractivity (Wildman–Crippen MR) is 71.3 cm³/mol. The van der Waals surface area contributed by atoms with Gasteiger partial charge >= 0.3 is 11.9 Å². The van der Waals surface area contributed by atoms with Crippen molar-refractivity contribution in [2.75, 3.05) is 0 Å². The second-order valence-corrected chi connectivity index (χ2v) is 4.95. The molecule has 0 heterocycles. The van der Waals surface area contributed by atoms with E-state index in [1.54, 1.807) is 38.1 Å². The minimum atomic E-state index is -1.44. The predicted octanol–water partition coefficient (Wildman–Crippen LogP) is 1.01. The fraction of sp³-hybridized carbons (Fsp3) is 0.357. The lowest BCUT2D eigenvalue weighted by Crippen LogP contribution is -2.49. The van der Waals surface area contributed by atoms with Crippen molar-refractivity contribution in [3.63, 3.8) is 0 Å². The summed E-state index contributed by atoms with van der Waals surface area (Å²) < 4.78 is 0. The summed E-state index contributed by atoms with van der Waals surface area (Å²) in [5.74, 6) is -3.18. The van der Waals surface area contributed by atoms with E-state index in [1.165, 1.54) is 0 Å². The number of nitrogens with one attached hydrogen (secondary N) is 1. The van der Waals surface area contributed by atoms with E-state index in [0.717, 1.165) is 5.56 Å². The van der Waals surface area contributed by atoms with Crippen molar-refractivity contribution < 1.29 is 24.6 Å². The van der Waals surface area contributed by atoms with Gasteiger partial charge in [0, 0.05) is 0 Å². The van der Waals surface area contributed by atoms with Crippen molar-refractivity contribution in [3.05, 3.63) is 35.9 Å². The highest BCUT2D eigenvalue weighted by atomic mass is 16.4. The number of carboxylic acid groups (broad SMARTS) is 2. The van der Waals surface area contributed by atoms with Crippen LogP contribution in [0.15, 0.2) is 30.3 Å². The average Bonchev–Trinajstić information content (AvgIpc) is 2.38. The lowest BCUT2D eigenvalue weighted by atomic mass is 9.83. The van der Waals surface area contributed by atoms with Crippen LogP contribution in [0, 0.1) is 0 Å². The molecule has 0 aliphatic rings. The third-order valence-corrected chi connectivity index (χ3v) is 3.05. The standard InChI is InChI=1S/C14H17NO5/c1-14(2,9-6-4-3-5-7-9)13(20)15-10(12(18)19)8-11(16)17/h3-7,10H,8H2,1-2H3,(H,15,20)(H,16,17)(H,18,19)/t10-/m0/s1. The second-order valence-electron chi connectivity index (χ2n) is 4.95. The van der Waals surface area contributed by atoms with Gasteiger partial charge in [0.1, 0.15) is 6.04 Å². The fourth-order valence-electron chi connectivity index (χ4n) is 1.70. The number of benzene rings is 1. The van der Waals surface area contributed by atoms with Gasteiger partial charge in [0.2, 0.25) is 5.91 Å². The Labute approximate surface area is 116 Å². The van der Waals surface area contributed by atoms with E-state index in [4.69, 9.17) is 10.2 Å². The van der Waals surface area contributed by atoms with Crippen molar-refractivity contribution in [3.8, 4) is 0 Å². The number of hydrogen-bond acceptors (Lipinski definition) is 3. The molecular weight excluding hydrogens is 262 g/mol. The van der Waals surface area contributed by atoms with Gasteiger partial charge in [-0.1, -0.05) is 30.3 Å². The van der Waals surface area contributed by atoms with Gasteiger partial charge in [0.15, 0.2) is 0 Å². The van der Waals surface area contributed by atoms with Crippen molar-refractivity contribution in [1.29, 1.82) is 0 Å². The molecule has 0 radical (unpaired) electrons. The quantitative estimate of drug-likeness (QED) is 0.721. The van der Waals surface area contributed by atoms with Crippen LogP contribution < -0.4 is 5.32 Å². The normalized spacial score (nSPS) is 12.5. The molecule has 0 saturated heterocycles. The van der Waals surface area contributed by atoms with Crippen molar-refractivity contribution in [1.82, 2.24) is 5.32 Å². The van der Waals surface area contributed by atoms with Crippen LogP contribution >= 0.6 is 0 Å². The smallest absolute Gasteiger partial charge is 0.326 e. The van der Waals surface area contributed by atoms with E-state index >= 15 is 0 Å². The number of hydrogen-bond donors (Lipinski definition) is 3. The minimum absolute atomic E-state index is 0.530. The molecule has 0 aromatic heterocycles. The molecule has 108 valence electrons. The zero-order valence-electron chi connectivity index (χ0n) is 11.3. The van der Waals surface area contributed by atoms with Gasteiger partial charge in [-0.25, -0.2) is 4.79 Å². The third-order valence-electron chi connectivity index (χ3n) is 3.05. The monoisotopic (exact) mass is 279 g/mol. The van der Waals surface area contributed by atoms with E-state index in [0.29, 0.717) is 0 Å². The molecule has 0 aliphatic carbocycles. The number of aliphatic carboxylic acids is 2. The molecule has 0 bridgehead atoms. The first-order valence-corrected chi connectivity index (χ1v) is 6.06. The van der Waals surface area contributed by atoms with E-state index in [9.17, 15) is 14.4 Å². The fourth-order valence-corrected chi connectivity index (χ4v) is 1.70. The summed E-state index contributed by atoms with van der Waals surface area (Å²) in [5, 5.41) is 19.8. The molecule has 6 nitrogen and oxygen atoms in total. The molecule has 1 amide bonds. The summed E-state index contributed by atoms with van der Waals surface area (Å²) in [6, 6.07) is 7.43. The topological polar surface area (TPSA) is 104 Å². The Kier molecular flexibility index (Phi) is 4.85. The van der Waals surface area contributed by atoms with Crippen molar-refractivity contribution in [2.45, 2.75) is 31.7 Å². The number of carboxylic acids is 2. The Balaban J connectivity index is 2.88. The van der Waals surface area contributed by atoms with Gasteiger partial charge in [0.25, 0.3) is 0 Å². The first-order chi connectivity index (χ1) is 9.25. The Morgan fingerprint density at radius 2 is 1.70 bits per heavy atom. The molecule has 0 spiro atoms. The molecule has 20 heavy (non-hydrogen) atoms. The summed E-state index contributed by atoms with van der Waals surface area (Å²) in [6.45, 7) is 3.30. The number of carbonyl (C=O) groups is 3. The van der Waals surface area contributed by atoms with E-state index in [2.05, 4.69) is 5.32 Å². The first-order valence-electron chi connectivity index (χ1n) is 6.06. The maximum atomic E-state index is 12.2. The molecular formula is C14H17NO5. The van der Waals surface area contributed by atoms with Crippen LogP contribution in [0.1, 0.15) is 25.8 Å². The lowest BCUT2D eigenvalue weighted by molar-refractivity contribution is -0.147. The molecule has 0 fully saturated rings. The zero-order chi connectivity index (χ0) is 15.3. The molecule has 3 N–H and O–H groups in total. The Bertz CT molecular complexity index is 510. The maximum Gasteiger partial charge on any atom is 0.326 e. The van der Waals surface area contributed by atoms with Gasteiger partial charge < -0.3 is 15.5 Å². The molecule has 0 unspecified atom stereocenters. The van der Waals surface area contributed by atoms with Crippen LogP contribution in [0.3, 0.4) is 0 Å². The summed E-state index contributed by atoms with van der Waals surface area (Å²) in [7, 11) is 0. The van der Waals surface area contributed by atoms with Crippen LogP contribution in [0.4, 0.5) is 0 Å². The van der Waals surface area contributed by atoms with Gasteiger partial charge in [-0.05, 0) is 19.4 Å². The van der Waals surface area contributed by atoms with Crippen LogP contribution in [0.25, 0.3) is 0 Å². The minimum Gasteiger partial charge on any atom is -0.481 e. The number of amides is 1. The Hall–Kier alpha value is -2.37. The SMILES string of the molecule is CC(C)(C(=O)N[C@@H](CC(=O)O)C(=O)O)c1ccccc1. The average molecular weight is 279 g/mol. The van der Waals surface area contributed by atoms with Crippen molar-refractivity contribution >= 4 is 17.8 Å².